The summed E-state index contributed by atoms with van der Waals surface area (Å²) in [6.07, 6.45) is 4.73. The van der Waals surface area contributed by atoms with E-state index >= 15 is 0 Å². The predicted molar refractivity (Wildman–Crippen MR) is 86.8 cm³/mol. The smallest absolute Gasteiger partial charge is 0.242 e. The third-order valence-corrected chi connectivity index (χ3v) is 5.99. The van der Waals surface area contributed by atoms with E-state index in [1.807, 2.05) is 0 Å². The normalized spacial score (nSPS) is 23.2. The Hall–Kier alpha value is -1.27. The number of hydrogen-bond donors (Lipinski definition) is 2. The number of anilines is 2. The highest BCUT2D eigenvalue weighted by Crippen LogP contribution is 2.29. The van der Waals surface area contributed by atoms with Gasteiger partial charge in [0, 0.05) is 20.1 Å². The summed E-state index contributed by atoms with van der Waals surface area (Å²) in [6, 6.07) is 5.34. The number of nitrogens with one attached hydrogen (secondary N) is 1. The first-order valence-electron chi connectivity index (χ1n) is 7.39. The van der Waals surface area contributed by atoms with Gasteiger partial charge in [-0.25, -0.2) is 12.7 Å². The molecule has 0 aromatic heterocycles. The van der Waals surface area contributed by atoms with E-state index in [1.165, 1.54) is 37.3 Å². The average Bonchev–Trinajstić information content (AvgIpc) is 2.43. The SMILES string of the molecule is CC1CCC(Nc2ccc(S(=O)(=O)N(C)C)cc2N)CC1. The van der Waals surface area contributed by atoms with Gasteiger partial charge in [0.25, 0.3) is 0 Å². The lowest BCUT2D eigenvalue weighted by Crippen LogP contribution is -2.26. The van der Waals surface area contributed by atoms with Crippen molar-refractivity contribution in [3.63, 3.8) is 0 Å². The molecule has 118 valence electrons. The summed E-state index contributed by atoms with van der Waals surface area (Å²) in [5.41, 5.74) is 7.33. The zero-order valence-corrected chi connectivity index (χ0v) is 13.8. The zero-order valence-electron chi connectivity index (χ0n) is 13.0. The highest BCUT2D eigenvalue weighted by molar-refractivity contribution is 7.89. The van der Waals surface area contributed by atoms with E-state index in [1.54, 1.807) is 12.1 Å². The Labute approximate surface area is 127 Å². The molecule has 1 aromatic rings. The molecule has 3 N–H and O–H groups in total. The average molecular weight is 311 g/mol. The number of benzene rings is 1. The maximum Gasteiger partial charge on any atom is 0.242 e. The maximum absolute atomic E-state index is 12.1. The molecule has 1 saturated carbocycles. The van der Waals surface area contributed by atoms with Crippen LogP contribution in [0.1, 0.15) is 32.6 Å². The molecule has 0 aliphatic heterocycles. The van der Waals surface area contributed by atoms with Gasteiger partial charge in [-0.1, -0.05) is 6.92 Å². The number of sulfonamides is 1. The second-order valence-corrected chi connectivity index (χ2v) is 8.29. The monoisotopic (exact) mass is 311 g/mol. The van der Waals surface area contributed by atoms with Crippen molar-refractivity contribution in [2.24, 2.45) is 5.92 Å². The fraction of sp³-hybridized carbons (Fsp3) is 0.600. The van der Waals surface area contributed by atoms with Gasteiger partial charge in [-0.2, -0.15) is 0 Å². The van der Waals surface area contributed by atoms with Gasteiger partial charge in [0.05, 0.1) is 16.3 Å². The lowest BCUT2D eigenvalue weighted by molar-refractivity contribution is 0.361. The van der Waals surface area contributed by atoms with Crippen LogP contribution in [0.3, 0.4) is 0 Å². The van der Waals surface area contributed by atoms with Crippen LogP contribution in [-0.2, 0) is 10.0 Å². The molecule has 0 amide bonds. The molecule has 0 bridgehead atoms. The van der Waals surface area contributed by atoms with Gasteiger partial charge in [0.15, 0.2) is 0 Å². The highest BCUT2D eigenvalue weighted by atomic mass is 32.2. The van der Waals surface area contributed by atoms with E-state index in [2.05, 4.69) is 12.2 Å². The minimum absolute atomic E-state index is 0.229. The predicted octanol–water partition coefficient (Wildman–Crippen LogP) is 2.51. The maximum atomic E-state index is 12.1. The van der Waals surface area contributed by atoms with Gasteiger partial charge in [-0.15, -0.1) is 0 Å². The molecule has 1 aliphatic rings. The number of hydrogen-bond acceptors (Lipinski definition) is 4. The molecule has 0 heterocycles. The third-order valence-electron chi connectivity index (χ3n) is 4.18. The third kappa shape index (κ3) is 3.68. The molecule has 0 saturated heterocycles. The number of rotatable bonds is 4. The number of nitrogen functional groups attached to an aromatic ring is 1. The summed E-state index contributed by atoms with van der Waals surface area (Å²) in [5.74, 6) is 0.799. The van der Waals surface area contributed by atoms with Crippen LogP contribution in [0.25, 0.3) is 0 Å². The van der Waals surface area contributed by atoms with E-state index in [9.17, 15) is 8.42 Å². The lowest BCUT2D eigenvalue weighted by Gasteiger charge is -2.28. The molecule has 21 heavy (non-hydrogen) atoms. The molecule has 1 aliphatic carbocycles. The van der Waals surface area contributed by atoms with Crippen molar-refractivity contribution in [2.45, 2.75) is 43.5 Å². The van der Waals surface area contributed by atoms with Crippen molar-refractivity contribution < 1.29 is 8.42 Å². The molecule has 1 fully saturated rings. The second-order valence-electron chi connectivity index (χ2n) is 6.14. The highest BCUT2D eigenvalue weighted by Gasteiger charge is 2.21. The molecule has 6 heteroatoms. The minimum Gasteiger partial charge on any atom is -0.397 e. The van der Waals surface area contributed by atoms with E-state index in [-0.39, 0.29) is 4.90 Å². The number of nitrogens with zero attached hydrogens (tertiary/aromatic N) is 1. The Morgan fingerprint density at radius 1 is 1.19 bits per heavy atom. The number of nitrogens with two attached hydrogens (primary N) is 1. The van der Waals surface area contributed by atoms with E-state index in [0.717, 1.165) is 24.4 Å². The Kier molecular flexibility index (Phi) is 4.78. The van der Waals surface area contributed by atoms with Gasteiger partial charge in [-0.05, 0) is 49.8 Å². The lowest BCUT2D eigenvalue weighted by atomic mass is 9.87. The standard InChI is InChI=1S/C15H25N3O2S/c1-11-4-6-12(7-5-11)17-15-9-8-13(10-14(15)16)21(19,20)18(2)3/h8-12,17H,4-7,16H2,1-3H3. The topological polar surface area (TPSA) is 75.4 Å². The Bertz CT molecular complexity index is 591. The quantitative estimate of drug-likeness (QED) is 0.838. The summed E-state index contributed by atoms with van der Waals surface area (Å²) in [5, 5.41) is 3.44. The van der Waals surface area contributed by atoms with E-state index in [0.29, 0.717) is 11.7 Å². The first kappa shape index (κ1) is 16.1. The van der Waals surface area contributed by atoms with Gasteiger partial charge in [0.1, 0.15) is 0 Å². The van der Waals surface area contributed by atoms with Crippen molar-refractivity contribution in [3.05, 3.63) is 18.2 Å². The molecule has 0 spiro atoms. The molecule has 0 radical (unpaired) electrons. The van der Waals surface area contributed by atoms with Crippen LogP contribution in [0.4, 0.5) is 11.4 Å². The fourth-order valence-corrected chi connectivity index (χ4v) is 3.61. The minimum atomic E-state index is -3.43. The summed E-state index contributed by atoms with van der Waals surface area (Å²) < 4.78 is 25.3. The van der Waals surface area contributed by atoms with Crippen LogP contribution in [0.2, 0.25) is 0 Å². The van der Waals surface area contributed by atoms with Crippen LogP contribution in [0.5, 0.6) is 0 Å². The summed E-state index contributed by atoms with van der Waals surface area (Å²) in [6.45, 7) is 2.28. The molecular weight excluding hydrogens is 286 g/mol. The Balaban J connectivity index is 2.13. The largest absolute Gasteiger partial charge is 0.397 e. The van der Waals surface area contributed by atoms with Crippen LogP contribution in [-0.4, -0.2) is 32.9 Å². The Morgan fingerprint density at radius 3 is 2.33 bits per heavy atom. The summed E-state index contributed by atoms with van der Waals surface area (Å²) in [7, 11) is -0.401. The van der Waals surface area contributed by atoms with Crippen LogP contribution in [0.15, 0.2) is 23.1 Å². The second kappa shape index (κ2) is 6.23. The van der Waals surface area contributed by atoms with Crippen molar-refractivity contribution in [2.75, 3.05) is 25.1 Å². The van der Waals surface area contributed by atoms with Gasteiger partial charge >= 0.3 is 0 Å². The van der Waals surface area contributed by atoms with Crippen molar-refractivity contribution in [1.82, 2.24) is 4.31 Å². The zero-order chi connectivity index (χ0) is 15.6. The Morgan fingerprint density at radius 2 is 1.81 bits per heavy atom. The molecule has 5 nitrogen and oxygen atoms in total. The van der Waals surface area contributed by atoms with Crippen molar-refractivity contribution in [1.29, 1.82) is 0 Å². The van der Waals surface area contributed by atoms with Gasteiger partial charge in [-0.3, -0.25) is 0 Å². The summed E-state index contributed by atoms with van der Waals surface area (Å²) >= 11 is 0. The molecule has 0 unspecified atom stereocenters. The van der Waals surface area contributed by atoms with Crippen LogP contribution in [0, 0.1) is 5.92 Å². The fourth-order valence-electron chi connectivity index (χ4n) is 2.67. The van der Waals surface area contributed by atoms with E-state index in [4.69, 9.17) is 5.73 Å². The molecule has 0 atom stereocenters. The molecular formula is C15H25N3O2S. The first-order chi connectivity index (χ1) is 9.80. The first-order valence-corrected chi connectivity index (χ1v) is 8.83. The summed E-state index contributed by atoms with van der Waals surface area (Å²) in [4.78, 5) is 0.229. The molecule has 2 rings (SSSR count). The van der Waals surface area contributed by atoms with Gasteiger partial charge in [0.2, 0.25) is 10.0 Å². The van der Waals surface area contributed by atoms with Crippen LogP contribution < -0.4 is 11.1 Å². The molecule has 1 aromatic carbocycles. The van der Waals surface area contributed by atoms with Crippen molar-refractivity contribution >= 4 is 21.4 Å². The van der Waals surface area contributed by atoms with Crippen molar-refractivity contribution in [3.8, 4) is 0 Å². The van der Waals surface area contributed by atoms with Gasteiger partial charge < -0.3 is 11.1 Å². The van der Waals surface area contributed by atoms with Crippen LogP contribution >= 0.6 is 0 Å². The van der Waals surface area contributed by atoms with E-state index < -0.39 is 10.0 Å².